The van der Waals surface area contributed by atoms with Crippen molar-refractivity contribution in [3.05, 3.63) is 30.0 Å². The molecule has 0 atom stereocenters. The molecule has 0 saturated heterocycles. The van der Waals surface area contributed by atoms with E-state index in [0.29, 0.717) is 12.3 Å². The van der Waals surface area contributed by atoms with Crippen LogP contribution < -0.4 is 5.32 Å². The monoisotopic (exact) mass is 308 g/mol. The highest BCUT2D eigenvalue weighted by atomic mass is 32.2. The molecule has 2 aromatic heterocycles. The maximum absolute atomic E-state index is 11.8. The van der Waals surface area contributed by atoms with E-state index in [2.05, 4.69) is 33.9 Å². The van der Waals surface area contributed by atoms with E-state index in [1.54, 1.807) is 12.3 Å². The lowest BCUT2D eigenvalue weighted by molar-refractivity contribution is -0.118. The predicted molar refractivity (Wildman–Crippen MR) is 81.0 cm³/mol. The molecule has 0 aliphatic rings. The van der Waals surface area contributed by atoms with Crippen LogP contribution in [0.25, 0.3) is 0 Å². The van der Waals surface area contributed by atoms with Crippen LogP contribution in [0.5, 0.6) is 0 Å². The molecule has 6 nitrogen and oxygen atoms in total. The standard InChI is InChI=1S/C14H20N4O2S/c1-3-7-18-12(4-2)16-17-14(18)21-10-13(19)15-9-11-6-5-8-20-11/h5-6,8H,3-4,7,9-10H2,1-2H3,(H,15,19). The Labute approximate surface area is 128 Å². The fraction of sp³-hybridized carbons (Fsp3) is 0.500. The second kappa shape index (κ2) is 7.87. The van der Waals surface area contributed by atoms with Gasteiger partial charge in [-0.3, -0.25) is 4.79 Å². The number of carbonyl (C=O) groups excluding carboxylic acids is 1. The van der Waals surface area contributed by atoms with E-state index in [-0.39, 0.29) is 5.91 Å². The third-order valence-corrected chi connectivity index (χ3v) is 3.90. The number of thioether (sulfide) groups is 1. The van der Waals surface area contributed by atoms with Crippen molar-refractivity contribution >= 4 is 17.7 Å². The van der Waals surface area contributed by atoms with E-state index >= 15 is 0 Å². The van der Waals surface area contributed by atoms with Gasteiger partial charge < -0.3 is 14.3 Å². The predicted octanol–water partition coefficient (Wildman–Crippen LogP) is 2.25. The van der Waals surface area contributed by atoms with Gasteiger partial charge in [-0.15, -0.1) is 10.2 Å². The van der Waals surface area contributed by atoms with E-state index in [1.165, 1.54) is 11.8 Å². The molecule has 7 heteroatoms. The van der Waals surface area contributed by atoms with Crippen molar-refractivity contribution in [1.82, 2.24) is 20.1 Å². The lowest BCUT2D eigenvalue weighted by Crippen LogP contribution is -2.24. The Kier molecular flexibility index (Phi) is 5.86. The average Bonchev–Trinajstić information content (AvgIpc) is 3.13. The van der Waals surface area contributed by atoms with E-state index in [4.69, 9.17) is 4.42 Å². The first kappa shape index (κ1) is 15.6. The zero-order chi connectivity index (χ0) is 15.1. The zero-order valence-electron chi connectivity index (χ0n) is 12.3. The first-order valence-electron chi connectivity index (χ1n) is 7.08. The second-order valence-corrected chi connectivity index (χ2v) is 5.49. The Balaban J connectivity index is 1.84. The molecule has 0 radical (unpaired) electrons. The number of aromatic nitrogens is 3. The number of furan rings is 1. The second-order valence-electron chi connectivity index (χ2n) is 4.55. The Hall–Kier alpha value is -1.76. The van der Waals surface area contributed by atoms with Gasteiger partial charge in [0.25, 0.3) is 0 Å². The van der Waals surface area contributed by atoms with Crippen LogP contribution in [-0.4, -0.2) is 26.4 Å². The molecule has 0 unspecified atom stereocenters. The lowest BCUT2D eigenvalue weighted by atomic mass is 10.4. The molecule has 0 aliphatic heterocycles. The molecule has 114 valence electrons. The van der Waals surface area contributed by atoms with Crippen LogP contribution in [0.1, 0.15) is 31.9 Å². The molecule has 2 heterocycles. The highest BCUT2D eigenvalue weighted by Gasteiger charge is 2.12. The number of carbonyl (C=O) groups is 1. The van der Waals surface area contributed by atoms with Crippen molar-refractivity contribution in [3.8, 4) is 0 Å². The molecule has 0 saturated carbocycles. The minimum Gasteiger partial charge on any atom is -0.467 e. The van der Waals surface area contributed by atoms with Crippen LogP contribution in [0, 0.1) is 0 Å². The number of nitrogens with one attached hydrogen (secondary N) is 1. The van der Waals surface area contributed by atoms with Crippen molar-refractivity contribution in [3.63, 3.8) is 0 Å². The number of aryl methyl sites for hydroxylation is 1. The number of amides is 1. The van der Waals surface area contributed by atoms with Gasteiger partial charge in [-0.1, -0.05) is 25.6 Å². The summed E-state index contributed by atoms with van der Waals surface area (Å²) in [6, 6.07) is 3.63. The van der Waals surface area contributed by atoms with Gasteiger partial charge in [0.2, 0.25) is 5.91 Å². The average molecular weight is 308 g/mol. The quantitative estimate of drug-likeness (QED) is 0.757. The van der Waals surface area contributed by atoms with Gasteiger partial charge in [0.1, 0.15) is 11.6 Å². The number of hydrogen-bond donors (Lipinski definition) is 1. The summed E-state index contributed by atoms with van der Waals surface area (Å²) in [5, 5.41) is 12.0. The van der Waals surface area contributed by atoms with Crippen LogP contribution in [0.4, 0.5) is 0 Å². The summed E-state index contributed by atoms with van der Waals surface area (Å²) in [7, 11) is 0. The van der Waals surface area contributed by atoms with E-state index < -0.39 is 0 Å². The molecule has 0 fully saturated rings. The molecule has 1 amide bonds. The third-order valence-electron chi connectivity index (χ3n) is 2.93. The Morgan fingerprint density at radius 3 is 2.95 bits per heavy atom. The van der Waals surface area contributed by atoms with Gasteiger partial charge >= 0.3 is 0 Å². The molecule has 21 heavy (non-hydrogen) atoms. The minimum absolute atomic E-state index is 0.0412. The van der Waals surface area contributed by atoms with Gasteiger partial charge in [0.15, 0.2) is 5.16 Å². The molecule has 1 N–H and O–H groups in total. The Morgan fingerprint density at radius 2 is 2.29 bits per heavy atom. The molecular formula is C14H20N4O2S. The third kappa shape index (κ3) is 4.35. The van der Waals surface area contributed by atoms with Gasteiger partial charge in [-0.25, -0.2) is 0 Å². The first-order valence-corrected chi connectivity index (χ1v) is 8.07. The largest absolute Gasteiger partial charge is 0.467 e. The summed E-state index contributed by atoms with van der Waals surface area (Å²) in [4.78, 5) is 11.8. The van der Waals surface area contributed by atoms with Crippen molar-refractivity contribution in [2.45, 2.75) is 44.9 Å². The number of nitrogens with zero attached hydrogens (tertiary/aromatic N) is 3. The van der Waals surface area contributed by atoms with Crippen LogP contribution in [-0.2, 0) is 24.3 Å². The summed E-state index contributed by atoms with van der Waals surface area (Å²) < 4.78 is 7.26. The zero-order valence-corrected chi connectivity index (χ0v) is 13.2. The van der Waals surface area contributed by atoms with Crippen LogP contribution in [0.15, 0.2) is 28.0 Å². The highest BCUT2D eigenvalue weighted by molar-refractivity contribution is 7.99. The molecule has 2 aromatic rings. The van der Waals surface area contributed by atoms with Gasteiger partial charge in [0.05, 0.1) is 18.6 Å². The van der Waals surface area contributed by atoms with E-state index in [1.807, 2.05) is 6.07 Å². The number of hydrogen-bond acceptors (Lipinski definition) is 5. The Morgan fingerprint density at radius 1 is 1.43 bits per heavy atom. The van der Waals surface area contributed by atoms with Gasteiger partial charge in [-0.2, -0.15) is 0 Å². The molecular weight excluding hydrogens is 288 g/mol. The summed E-state index contributed by atoms with van der Waals surface area (Å²) in [6.07, 6.45) is 3.46. The topological polar surface area (TPSA) is 73.0 Å². The Bertz CT molecular complexity index is 566. The van der Waals surface area contributed by atoms with Crippen molar-refractivity contribution in [1.29, 1.82) is 0 Å². The lowest BCUT2D eigenvalue weighted by Gasteiger charge is -2.07. The van der Waals surface area contributed by atoms with Crippen LogP contribution in [0.3, 0.4) is 0 Å². The summed E-state index contributed by atoms with van der Waals surface area (Å²) in [6.45, 7) is 5.46. The summed E-state index contributed by atoms with van der Waals surface area (Å²) in [5.74, 6) is 2.00. The maximum atomic E-state index is 11.8. The van der Waals surface area contributed by atoms with Crippen molar-refractivity contribution in [2.75, 3.05) is 5.75 Å². The fourth-order valence-corrected chi connectivity index (χ4v) is 2.73. The van der Waals surface area contributed by atoms with Gasteiger partial charge in [0, 0.05) is 13.0 Å². The normalized spacial score (nSPS) is 10.8. The van der Waals surface area contributed by atoms with E-state index in [9.17, 15) is 4.79 Å². The van der Waals surface area contributed by atoms with Gasteiger partial charge in [-0.05, 0) is 18.6 Å². The van der Waals surface area contributed by atoms with E-state index in [0.717, 1.165) is 36.1 Å². The van der Waals surface area contributed by atoms with Crippen LogP contribution >= 0.6 is 11.8 Å². The molecule has 0 spiro atoms. The molecule has 0 aliphatic carbocycles. The maximum Gasteiger partial charge on any atom is 0.230 e. The molecule has 0 bridgehead atoms. The molecule has 0 aromatic carbocycles. The first-order chi connectivity index (χ1) is 10.2. The minimum atomic E-state index is -0.0412. The van der Waals surface area contributed by atoms with Crippen molar-refractivity contribution < 1.29 is 9.21 Å². The fourth-order valence-electron chi connectivity index (χ4n) is 1.92. The van der Waals surface area contributed by atoms with Crippen molar-refractivity contribution in [2.24, 2.45) is 0 Å². The smallest absolute Gasteiger partial charge is 0.230 e. The molecule has 2 rings (SSSR count). The highest BCUT2D eigenvalue weighted by Crippen LogP contribution is 2.17. The van der Waals surface area contributed by atoms with Crippen LogP contribution in [0.2, 0.25) is 0 Å². The summed E-state index contributed by atoms with van der Waals surface area (Å²) >= 11 is 1.42. The summed E-state index contributed by atoms with van der Waals surface area (Å²) in [5.41, 5.74) is 0. The SMILES string of the molecule is CCCn1c(CC)nnc1SCC(=O)NCc1ccco1. The number of rotatable bonds is 8.